The van der Waals surface area contributed by atoms with Gasteiger partial charge in [0.2, 0.25) is 15.9 Å². The van der Waals surface area contributed by atoms with Crippen molar-refractivity contribution in [3.63, 3.8) is 0 Å². The number of hydrogen-bond donors (Lipinski definition) is 0. The fourth-order valence-electron chi connectivity index (χ4n) is 3.16. The third-order valence-electron chi connectivity index (χ3n) is 4.51. The lowest BCUT2D eigenvalue weighted by atomic mass is 9.98. The average Bonchev–Trinajstić information content (AvgIpc) is 2.62. The number of morpholine rings is 1. The molecule has 1 aromatic carbocycles. The van der Waals surface area contributed by atoms with Crippen LogP contribution >= 0.6 is 15.9 Å². The van der Waals surface area contributed by atoms with Gasteiger partial charge in [-0.1, -0.05) is 15.9 Å². The summed E-state index contributed by atoms with van der Waals surface area (Å²) in [5.74, 6) is -0.212. The molecule has 1 amide bonds. The van der Waals surface area contributed by atoms with Crippen LogP contribution in [0, 0.1) is 5.92 Å². The number of nitrogens with zero attached hydrogens (tertiary/aromatic N) is 2. The first-order valence-electron chi connectivity index (χ1n) is 8.11. The number of halogens is 1. The average molecular weight is 417 g/mol. The first-order valence-corrected chi connectivity index (χ1v) is 10.3. The highest BCUT2D eigenvalue weighted by atomic mass is 79.9. The fraction of sp³-hybridized carbons (Fsp3) is 0.562. The summed E-state index contributed by atoms with van der Waals surface area (Å²) in [4.78, 5) is 14.7. The molecule has 2 aliphatic rings. The molecule has 3 rings (SSSR count). The van der Waals surface area contributed by atoms with Gasteiger partial charge in [-0.3, -0.25) is 4.79 Å². The van der Waals surface area contributed by atoms with Crippen molar-refractivity contribution in [1.29, 1.82) is 0 Å². The number of amides is 1. The molecule has 2 saturated heterocycles. The summed E-state index contributed by atoms with van der Waals surface area (Å²) in [5, 5.41) is 0. The molecule has 0 radical (unpaired) electrons. The predicted octanol–water partition coefficient (Wildman–Crippen LogP) is 1.71. The lowest BCUT2D eigenvalue weighted by Crippen LogP contribution is -2.49. The molecule has 0 aromatic heterocycles. The van der Waals surface area contributed by atoms with Gasteiger partial charge in [0.05, 0.1) is 24.0 Å². The highest BCUT2D eigenvalue weighted by molar-refractivity contribution is 9.10. The van der Waals surface area contributed by atoms with Crippen LogP contribution < -0.4 is 0 Å². The molecule has 24 heavy (non-hydrogen) atoms. The Labute approximate surface area is 150 Å². The SMILES string of the molecule is O=C([C@H]1CCCN(S(=O)(=O)c2ccc(Br)cc2)C1)N1CCOCC1. The monoisotopic (exact) mass is 416 g/mol. The highest BCUT2D eigenvalue weighted by Gasteiger charge is 2.35. The van der Waals surface area contributed by atoms with Gasteiger partial charge in [0.25, 0.3) is 0 Å². The van der Waals surface area contributed by atoms with Gasteiger partial charge in [0.15, 0.2) is 0 Å². The molecule has 8 heteroatoms. The number of carbonyl (C=O) groups excluding carboxylic acids is 1. The largest absolute Gasteiger partial charge is 0.378 e. The van der Waals surface area contributed by atoms with E-state index in [0.717, 1.165) is 10.9 Å². The van der Waals surface area contributed by atoms with Gasteiger partial charge >= 0.3 is 0 Å². The summed E-state index contributed by atoms with van der Waals surface area (Å²) < 4.78 is 33.2. The maximum atomic E-state index is 12.8. The molecule has 0 spiro atoms. The number of carbonyl (C=O) groups is 1. The van der Waals surface area contributed by atoms with E-state index in [-0.39, 0.29) is 23.3 Å². The number of sulfonamides is 1. The predicted molar refractivity (Wildman–Crippen MR) is 93.0 cm³/mol. The van der Waals surface area contributed by atoms with Crippen molar-refractivity contribution >= 4 is 31.9 Å². The Morgan fingerprint density at radius 2 is 1.79 bits per heavy atom. The Morgan fingerprint density at radius 3 is 2.46 bits per heavy atom. The molecule has 2 heterocycles. The van der Waals surface area contributed by atoms with Gasteiger partial charge in [0.1, 0.15) is 0 Å². The number of hydrogen-bond acceptors (Lipinski definition) is 4. The van der Waals surface area contributed by atoms with Crippen LogP contribution in [0.15, 0.2) is 33.6 Å². The van der Waals surface area contributed by atoms with Crippen molar-refractivity contribution in [1.82, 2.24) is 9.21 Å². The molecule has 0 unspecified atom stereocenters. The molecule has 0 bridgehead atoms. The molecule has 2 fully saturated rings. The molecule has 0 aliphatic carbocycles. The van der Waals surface area contributed by atoms with Crippen LogP contribution in [0.25, 0.3) is 0 Å². The van der Waals surface area contributed by atoms with E-state index in [1.54, 1.807) is 29.2 Å². The van der Waals surface area contributed by atoms with Crippen LogP contribution in [0.2, 0.25) is 0 Å². The molecule has 6 nitrogen and oxygen atoms in total. The van der Waals surface area contributed by atoms with Crippen LogP contribution in [-0.4, -0.2) is 62.9 Å². The highest BCUT2D eigenvalue weighted by Crippen LogP contribution is 2.26. The van der Waals surface area contributed by atoms with Crippen LogP contribution in [0.4, 0.5) is 0 Å². The quantitative estimate of drug-likeness (QED) is 0.751. The molecule has 0 saturated carbocycles. The Kier molecular flexibility index (Phi) is 5.59. The summed E-state index contributed by atoms with van der Waals surface area (Å²) in [6.45, 7) is 3.02. The first-order chi connectivity index (χ1) is 11.5. The molecule has 2 aliphatic heterocycles. The van der Waals surface area contributed by atoms with E-state index in [4.69, 9.17) is 4.74 Å². The molecule has 1 atom stereocenters. The zero-order valence-electron chi connectivity index (χ0n) is 13.4. The van der Waals surface area contributed by atoms with Crippen molar-refractivity contribution in [2.24, 2.45) is 5.92 Å². The van der Waals surface area contributed by atoms with Crippen LogP contribution in [0.1, 0.15) is 12.8 Å². The van der Waals surface area contributed by atoms with E-state index in [9.17, 15) is 13.2 Å². The van der Waals surface area contributed by atoms with E-state index in [0.29, 0.717) is 39.3 Å². The minimum Gasteiger partial charge on any atom is -0.378 e. The van der Waals surface area contributed by atoms with Gasteiger partial charge in [-0.2, -0.15) is 4.31 Å². The van der Waals surface area contributed by atoms with E-state index in [1.165, 1.54) is 4.31 Å². The third-order valence-corrected chi connectivity index (χ3v) is 6.92. The standard InChI is InChI=1S/C16H21BrN2O4S/c17-14-3-5-15(6-4-14)24(21,22)19-7-1-2-13(12-19)16(20)18-8-10-23-11-9-18/h3-6,13H,1-2,7-12H2/t13-/m0/s1. The normalized spacial score (nSPS) is 23.2. The Morgan fingerprint density at radius 1 is 1.12 bits per heavy atom. The van der Waals surface area contributed by atoms with Gasteiger partial charge in [-0.05, 0) is 37.1 Å². The van der Waals surface area contributed by atoms with Crippen LogP contribution in [-0.2, 0) is 19.6 Å². The van der Waals surface area contributed by atoms with Gasteiger partial charge in [0, 0.05) is 30.7 Å². The Bertz CT molecular complexity index is 687. The second-order valence-corrected chi connectivity index (χ2v) is 8.95. The van der Waals surface area contributed by atoms with E-state index in [1.807, 2.05) is 0 Å². The second kappa shape index (κ2) is 7.51. The maximum absolute atomic E-state index is 12.8. The Hall–Kier alpha value is -0.960. The van der Waals surface area contributed by atoms with Gasteiger partial charge in [-0.25, -0.2) is 8.42 Å². The van der Waals surface area contributed by atoms with Crippen molar-refractivity contribution in [2.75, 3.05) is 39.4 Å². The van der Waals surface area contributed by atoms with Crippen molar-refractivity contribution in [3.05, 3.63) is 28.7 Å². The lowest BCUT2D eigenvalue weighted by Gasteiger charge is -2.35. The first kappa shape index (κ1) is 17.8. The zero-order chi connectivity index (χ0) is 17.2. The molecule has 1 aromatic rings. The molecular formula is C16H21BrN2O4S. The fourth-order valence-corrected chi connectivity index (χ4v) is 4.95. The van der Waals surface area contributed by atoms with Gasteiger partial charge < -0.3 is 9.64 Å². The van der Waals surface area contributed by atoms with Crippen molar-refractivity contribution < 1.29 is 17.9 Å². The summed E-state index contributed by atoms with van der Waals surface area (Å²) in [6, 6.07) is 6.61. The number of benzene rings is 1. The summed E-state index contributed by atoms with van der Waals surface area (Å²) in [7, 11) is -3.56. The maximum Gasteiger partial charge on any atom is 0.243 e. The molecule has 0 N–H and O–H groups in total. The summed E-state index contributed by atoms with van der Waals surface area (Å²) in [5.41, 5.74) is 0. The van der Waals surface area contributed by atoms with Crippen molar-refractivity contribution in [2.45, 2.75) is 17.7 Å². The minimum atomic E-state index is -3.56. The van der Waals surface area contributed by atoms with Crippen LogP contribution in [0.5, 0.6) is 0 Å². The van der Waals surface area contributed by atoms with E-state index < -0.39 is 10.0 Å². The lowest BCUT2D eigenvalue weighted by molar-refractivity contribution is -0.140. The topological polar surface area (TPSA) is 66.9 Å². The zero-order valence-corrected chi connectivity index (χ0v) is 15.8. The van der Waals surface area contributed by atoms with Crippen LogP contribution in [0.3, 0.4) is 0 Å². The van der Waals surface area contributed by atoms with E-state index >= 15 is 0 Å². The second-order valence-electron chi connectivity index (χ2n) is 6.09. The smallest absolute Gasteiger partial charge is 0.243 e. The summed E-state index contributed by atoms with van der Waals surface area (Å²) >= 11 is 3.31. The minimum absolute atomic E-state index is 0.0500. The number of rotatable bonds is 3. The summed E-state index contributed by atoms with van der Waals surface area (Å²) in [6.07, 6.45) is 1.44. The third kappa shape index (κ3) is 3.82. The van der Waals surface area contributed by atoms with Crippen molar-refractivity contribution in [3.8, 4) is 0 Å². The van der Waals surface area contributed by atoms with E-state index in [2.05, 4.69) is 15.9 Å². The number of ether oxygens (including phenoxy) is 1. The molecule has 132 valence electrons. The Balaban J connectivity index is 1.72. The number of piperidine rings is 1. The van der Waals surface area contributed by atoms with Gasteiger partial charge in [-0.15, -0.1) is 0 Å². The molecular weight excluding hydrogens is 396 g/mol.